The molecule has 3 aromatic heterocycles. The summed E-state index contributed by atoms with van der Waals surface area (Å²) in [5.41, 5.74) is 4.06. The van der Waals surface area contributed by atoms with Crippen molar-refractivity contribution in [1.82, 2.24) is 15.0 Å². The van der Waals surface area contributed by atoms with Gasteiger partial charge in [0.1, 0.15) is 6.04 Å². The SMILES string of the molecule is O=NC1CCc2cc(Nc3c(-c4ncc(C(=O)O)cn4)oc4cnccc34)ccc21. The molecule has 0 bridgehead atoms. The molecule has 0 amide bonds. The Morgan fingerprint density at radius 3 is 2.80 bits per heavy atom. The van der Waals surface area contributed by atoms with Gasteiger partial charge in [-0.25, -0.2) is 14.8 Å². The Balaban J connectivity index is 1.58. The monoisotopic (exact) mass is 401 g/mol. The summed E-state index contributed by atoms with van der Waals surface area (Å²) in [6, 6.07) is 7.33. The number of aryl methyl sites for hydroxylation is 1. The predicted molar refractivity (Wildman–Crippen MR) is 109 cm³/mol. The van der Waals surface area contributed by atoms with E-state index >= 15 is 0 Å². The quantitative estimate of drug-likeness (QED) is 0.468. The molecule has 3 heterocycles. The fraction of sp³-hybridized carbons (Fsp3) is 0.143. The van der Waals surface area contributed by atoms with E-state index in [2.05, 4.69) is 25.4 Å². The van der Waals surface area contributed by atoms with Crippen LogP contribution in [0.2, 0.25) is 0 Å². The summed E-state index contributed by atoms with van der Waals surface area (Å²) in [4.78, 5) is 34.5. The number of rotatable bonds is 5. The minimum atomic E-state index is -1.10. The molecule has 5 rings (SSSR count). The summed E-state index contributed by atoms with van der Waals surface area (Å²) in [7, 11) is 0. The van der Waals surface area contributed by atoms with Crippen molar-refractivity contribution in [1.29, 1.82) is 0 Å². The second kappa shape index (κ2) is 7.03. The van der Waals surface area contributed by atoms with Crippen LogP contribution >= 0.6 is 0 Å². The van der Waals surface area contributed by atoms with Crippen LogP contribution in [0.5, 0.6) is 0 Å². The zero-order chi connectivity index (χ0) is 20.7. The summed E-state index contributed by atoms with van der Waals surface area (Å²) in [6.45, 7) is 0. The van der Waals surface area contributed by atoms with Crippen molar-refractivity contribution < 1.29 is 14.3 Å². The summed E-state index contributed by atoms with van der Waals surface area (Å²) in [6.07, 6.45) is 7.24. The Hall–Kier alpha value is -4.14. The number of anilines is 2. The van der Waals surface area contributed by atoms with Gasteiger partial charge in [-0.2, -0.15) is 4.91 Å². The number of aromatic nitrogens is 3. The number of carbonyl (C=O) groups is 1. The van der Waals surface area contributed by atoms with Gasteiger partial charge in [-0.05, 0) is 42.2 Å². The van der Waals surface area contributed by atoms with E-state index in [4.69, 9.17) is 9.52 Å². The number of carboxylic acid groups (broad SMARTS) is 1. The van der Waals surface area contributed by atoms with E-state index < -0.39 is 5.97 Å². The Morgan fingerprint density at radius 2 is 2.03 bits per heavy atom. The molecule has 0 radical (unpaired) electrons. The predicted octanol–water partition coefficient (Wildman–Crippen LogP) is 4.48. The third-order valence-electron chi connectivity index (χ3n) is 5.18. The molecule has 0 spiro atoms. The summed E-state index contributed by atoms with van der Waals surface area (Å²) < 4.78 is 5.93. The van der Waals surface area contributed by atoms with Crippen molar-refractivity contribution in [3.05, 3.63) is 70.7 Å². The molecular formula is C21H15N5O4. The number of carboxylic acids is 1. The average Bonchev–Trinajstić information content (AvgIpc) is 3.35. The van der Waals surface area contributed by atoms with Crippen LogP contribution in [-0.4, -0.2) is 26.0 Å². The zero-order valence-corrected chi connectivity index (χ0v) is 15.6. The van der Waals surface area contributed by atoms with Gasteiger partial charge in [0.25, 0.3) is 0 Å². The molecule has 9 heteroatoms. The lowest BCUT2D eigenvalue weighted by Crippen LogP contribution is -2.00. The second-order valence-corrected chi connectivity index (χ2v) is 6.98. The fourth-order valence-electron chi connectivity index (χ4n) is 3.72. The van der Waals surface area contributed by atoms with Crippen molar-refractivity contribution in [3.8, 4) is 11.6 Å². The molecule has 1 aliphatic carbocycles. The smallest absolute Gasteiger partial charge is 0.338 e. The van der Waals surface area contributed by atoms with Crippen LogP contribution in [-0.2, 0) is 6.42 Å². The first kappa shape index (κ1) is 17.9. The van der Waals surface area contributed by atoms with E-state index in [-0.39, 0.29) is 17.4 Å². The first-order valence-electron chi connectivity index (χ1n) is 9.28. The van der Waals surface area contributed by atoms with E-state index in [0.717, 1.165) is 35.0 Å². The highest BCUT2D eigenvalue weighted by atomic mass is 16.4. The lowest BCUT2D eigenvalue weighted by molar-refractivity contribution is 0.0696. The minimum Gasteiger partial charge on any atom is -0.478 e. The van der Waals surface area contributed by atoms with Crippen LogP contribution in [0.3, 0.4) is 0 Å². The second-order valence-electron chi connectivity index (χ2n) is 6.98. The molecule has 0 saturated heterocycles. The molecule has 1 unspecified atom stereocenters. The van der Waals surface area contributed by atoms with Crippen molar-refractivity contribution in [2.75, 3.05) is 5.32 Å². The van der Waals surface area contributed by atoms with Gasteiger partial charge in [0, 0.05) is 29.7 Å². The molecule has 9 nitrogen and oxygen atoms in total. The number of benzene rings is 1. The van der Waals surface area contributed by atoms with Crippen LogP contribution < -0.4 is 5.32 Å². The van der Waals surface area contributed by atoms with Crippen LogP contribution in [0, 0.1) is 4.91 Å². The van der Waals surface area contributed by atoms with Crippen molar-refractivity contribution in [2.24, 2.45) is 5.18 Å². The number of nitrogens with zero attached hydrogens (tertiary/aromatic N) is 4. The van der Waals surface area contributed by atoms with E-state index in [9.17, 15) is 9.70 Å². The van der Waals surface area contributed by atoms with E-state index in [1.807, 2.05) is 24.3 Å². The van der Waals surface area contributed by atoms with E-state index in [0.29, 0.717) is 17.0 Å². The van der Waals surface area contributed by atoms with Gasteiger partial charge in [0.05, 0.1) is 17.4 Å². The fourth-order valence-corrected chi connectivity index (χ4v) is 3.72. The molecular weight excluding hydrogens is 386 g/mol. The van der Waals surface area contributed by atoms with Gasteiger partial charge in [-0.1, -0.05) is 11.2 Å². The van der Waals surface area contributed by atoms with Gasteiger partial charge in [-0.3, -0.25) is 4.98 Å². The van der Waals surface area contributed by atoms with Crippen molar-refractivity contribution in [2.45, 2.75) is 18.9 Å². The Bertz CT molecular complexity index is 1280. The molecule has 0 aliphatic heterocycles. The Kier molecular flexibility index (Phi) is 4.20. The Labute approximate surface area is 169 Å². The molecule has 30 heavy (non-hydrogen) atoms. The first-order chi connectivity index (χ1) is 14.6. The topological polar surface area (TPSA) is 131 Å². The molecule has 2 N–H and O–H groups in total. The highest BCUT2D eigenvalue weighted by Crippen LogP contribution is 2.40. The molecule has 4 aromatic rings. The number of hydrogen-bond acceptors (Lipinski definition) is 8. The number of hydrogen-bond donors (Lipinski definition) is 2. The third kappa shape index (κ3) is 2.96. The normalized spacial score (nSPS) is 15.1. The maximum atomic E-state index is 11.1. The first-order valence-corrected chi connectivity index (χ1v) is 9.28. The van der Waals surface area contributed by atoms with E-state index in [1.165, 1.54) is 12.4 Å². The van der Waals surface area contributed by atoms with Gasteiger partial charge < -0.3 is 14.8 Å². The highest BCUT2D eigenvalue weighted by Gasteiger charge is 2.24. The Morgan fingerprint density at radius 1 is 1.20 bits per heavy atom. The molecule has 148 valence electrons. The minimum absolute atomic E-state index is 0.0111. The van der Waals surface area contributed by atoms with Crippen molar-refractivity contribution in [3.63, 3.8) is 0 Å². The van der Waals surface area contributed by atoms with E-state index in [1.54, 1.807) is 12.4 Å². The molecule has 1 aromatic carbocycles. The lowest BCUT2D eigenvalue weighted by Gasteiger charge is -2.09. The molecule has 0 saturated carbocycles. The molecule has 0 fully saturated rings. The number of fused-ring (bicyclic) bond motifs is 2. The maximum Gasteiger partial charge on any atom is 0.338 e. The van der Waals surface area contributed by atoms with Gasteiger partial charge >= 0.3 is 5.97 Å². The standard InChI is InChI=1S/C21H15N5O4/c27-21(28)12-8-23-20(24-9-12)19-18(15-5-6-22-10-17(15)30-19)25-13-2-3-14-11(7-13)1-4-16(14)26-29/h2-3,5-10,16,25H,1,4H2,(H,27,28). The van der Waals surface area contributed by atoms with Crippen LogP contribution in [0.25, 0.3) is 22.6 Å². The number of furan rings is 1. The summed E-state index contributed by atoms with van der Waals surface area (Å²) >= 11 is 0. The molecule has 1 aliphatic rings. The third-order valence-corrected chi connectivity index (χ3v) is 5.18. The summed E-state index contributed by atoms with van der Waals surface area (Å²) in [5, 5.41) is 16.4. The summed E-state index contributed by atoms with van der Waals surface area (Å²) in [5.74, 6) is -0.470. The van der Waals surface area contributed by atoms with Gasteiger partial charge in [0.2, 0.25) is 0 Å². The maximum absolute atomic E-state index is 11.1. The largest absolute Gasteiger partial charge is 0.478 e. The average molecular weight is 401 g/mol. The van der Waals surface area contributed by atoms with Gasteiger partial charge in [0.15, 0.2) is 17.2 Å². The van der Waals surface area contributed by atoms with Crippen LogP contribution in [0.15, 0.2) is 58.6 Å². The number of nitrogens with one attached hydrogen (secondary N) is 1. The van der Waals surface area contributed by atoms with Crippen LogP contribution in [0.4, 0.5) is 11.4 Å². The number of nitroso groups, excluding NO2 is 1. The lowest BCUT2D eigenvalue weighted by atomic mass is 10.1. The molecule has 1 atom stereocenters. The number of aromatic carboxylic acids is 1. The highest BCUT2D eigenvalue weighted by molar-refractivity contribution is 5.99. The van der Waals surface area contributed by atoms with Crippen LogP contribution in [0.1, 0.15) is 33.9 Å². The number of pyridine rings is 1. The van der Waals surface area contributed by atoms with Gasteiger partial charge in [-0.15, -0.1) is 0 Å². The zero-order valence-electron chi connectivity index (χ0n) is 15.6. The van der Waals surface area contributed by atoms with Crippen molar-refractivity contribution >= 4 is 28.3 Å².